The van der Waals surface area contributed by atoms with E-state index in [2.05, 4.69) is 4.74 Å². The molecule has 0 N–H and O–H groups in total. The lowest BCUT2D eigenvalue weighted by Crippen LogP contribution is -2.14. The van der Waals surface area contributed by atoms with Crippen LogP contribution in [0, 0.1) is 0 Å². The van der Waals surface area contributed by atoms with Crippen LogP contribution in [0.15, 0.2) is 0 Å². The van der Waals surface area contributed by atoms with Gasteiger partial charge in [0.1, 0.15) is 6.61 Å². The van der Waals surface area contributed by atoms with Crippen LogP contribution >= 0.6 is 11.9 Å². The maximum Gasteiger partial charge on any atom is 0.420 e. The van der Waals surface area contributed by atoms with Gasteiger partial charge in [-0.05, 0) is 11.9 Å². The molecule has 8 heavy (non-hydrogen) atoms. The molecule has 0 bridgehead atoms. The second-order valence-corrected chi connectivity index (χ2v) is 2.20. The zero-order chi connectivity index (χ0) is 5.98. The van der Waals surface area contributed by atoms with Crippen molar-refractivity contribution in [3.05, 3.63) is 0 Å². The molecule has 46 valence electrons. The summed E-state index contributed by atoms with van der Waals surface area (Å²) in [5.41, 5.74) is 0. The van der Waals surface area contributed by atoms with E-state index in [4.69, 9.17) is 0 Å². The summed E-state index contributed by atoms with van der Waals surface area (Å²) >= 11 is 1.40. The summed E-state index contributed by atoms with van der Waals surface area (Å²) in [7, 11) is 0. The lowest BCUT2D eigenvalue weighted by atomic mass is 10.7. The first-order valence-electron chi connectivity index (χ1n) is 2.33. The van der Waals surface area contributed by atoms with Crippen LogP contribution in [0.2, 0.25) is 0 Å². The Morgan fingerprint density at radius 1 is 1.88 bits per heavy atom. The number of carbonyl (C=O) groups is 1. The Morgan fingerprint density at radius 3 is 2.88 bits per heavy atom. The standard InChI is InChI=1S/C4H7NO2S/c1-8-5-2-3-7-4(5)6/h2-3H2,1H3. The zero-order valence-electron chi connectivity index (χ0n) is 4.59. The first-order chi connectivity index (χ1) is 3.84. The van der Waals surface area contributed by atoms with Crippen molar-refractivity contribution >= 4 is 18.0 Å². The molecule has 1 heterocycles. The summed E-state index contributed by atoms with van der Waals surface area (Å²) in [6.07, 6.45) is 1.64. The van der Waals surface area contributed by atoms with E-state index in [1.807, 2.05) is 6.26 Å². The predicted molar refractivity (Wildman–Crippen MR) is 31.6 cm³/mol. The minimum atomic E-state index is -0.211. The van der Waals surface area contributed by atoms with Gasteiger partial charge in [0.15, 0.2) is 0 Å². The first kappa shape index (κ1) is 5.75. The fraction of sp³-hybridized carbons (Fsp3) is 0.750. The SMILES string of the molecule is CSN1CCOC1=O. The topological polar surface area (TPSA) is 29.5 Å². The number of hydrogen-bond donors (Lipinski definition) is 0. The summed E-state index contributed by atoms with van der Waals surface area (Å²) in [4.78, 5) is 10.5. The molecular formula is C4H7NO2S. The molecule has 1 aliphatic heterocycles. The molecule has 0 unspecified atom stereocenters. The number of hydrogen-bond acceptors (Lipinski definition) is 3. The van der Waals surface area contributed by atoms with E-state index in [0.29, 0.717) is 6.61 Å². The molecule has 0 aliphatic carbocycles. The van der Waals surface area contributed by atoms with Gasteiger partial charge in [0.2, 0.25) is 0 Å². The van der Waals surface area contributed by atoms with Crippen molar-refractivity contribution in [1.29, 1.82) is 0 Å². The van der Waals surface area contributed by atoms with E-state index in [1.54, 1.807) is 4.31 Å². The maximum atomic E-state index is 10.5. The van der Waals surface area contributed by atoms with Crippen LogP contribution in [0.5, 0.6) is 0 Å². The van der Waals surface area contributed by atoms with Gasteiger partial charge in [0.05, 0.1) is 6.54 Å². The van der Waals surface area contributed by atoms with E-state index in [-0.39, 0.29) is 6.09 Å². The first-order valence-corrected chi connectivity index (χ1v) is 3.51. The van der Waals surface area contributed by atoms with E-state index in [9.17, 15) is 4.79 Å². The summed E-state index contributed by atoms with van der Waals surface area (Å²) in [5, 5.41) is 0. The van der Waals surface area contributed by atoms with Crippen molar-refractivity contribution in [2.75, 3.05) is 19.4 Å². The lowest BCUT2D eigenvalue weighted by molar-refractivity contribution is 0.171. The molecule has 3 nitrogen and oxygen atoms in total. The van der Waals surface area contributed by atoms with Crippen molar-refractivity contribution in [2.24, 2.45) is 0 Å². The number of carbonyl (C=O) groups excluding carboxylic acids is 1. The Labute approximate surface area is 52.1 Å². The van der Waals surface area contributed by atoms with Crippen LogP contribution in [0.4, 0.5) is 4.79 Å². The highest BCUT2D eigenvalue weighted by Gasteiger charge is 2.20. The molecule has 1 rings (SSSR count). The molecule has 0 aromatic rings. The summed E-state index contributed by atoms with van der Waals surface area (Å²) in [6.45, 7) is 1.26. The Balaban J connectivity index is 2.42. The molecule has 0 saturated carbocycles. The van der Waals surface area contributed by atoms with Crippen LogP contribution in [-0.4, -0.2) is 29.8 Å². The summed E-state index contributed by atoms with van der Waals surface area (Å²) in [6, 6.07) is 0. The van der Waals surface area contributed by atoms with Gasteiger partial charge >= 0.3 is 6.09 Å². The van der Waals surface area contributed by atoms with Crippen molar-refractivity contribution in [3.63, 3.8) is 0 Å². The Bertz CT molecular complexity index is 106. The number of nitrogens with zero attached hydrogens (tertiary/aromatic N) is 1. The fourth-order valence-corrected chi connectivity index (χ4v) is 1.00. The average Bonchev–Trinajstić information content (AvgIpc) is 2.14. The monoisotopic (exact) mass is 133 g/mol. The molecule has 0 atom stereocenters. The molecule has 1 aliphatic rings. The molecule has 0 spiro atoms. The third-order valence-corrected chi connectivity index (χ3v) is 1.72. The van der Waals surface area contributed by atoms with Crippen LogP contribution < -0.4 is 0 Å². The maximum absolute atomic E-state index is 10.5. The number of amides is 1. The van der Waals surface area contributed by atoms with Gasteiger partial charge in [0, 0.05) is 6.26 Å². The predicted octanol–water partition coefficient (Wildman–Crippen LogP) is 0.717. The van der Waals surface area contributed by atoms with Gasteiger partial charge in [-0.25, -0.2) is 9.10 Å². The molecule has 1 saturated heterocycles. The van der Waals surface area contributed by atoms with Gasteiger partial charge < -0.3 is 4.74 Å². The highest BCUT2D eigenvalue weighted by Crippen LogP contribution is 2.11. The van der Waals surface area contributed by atoms with Crippen molar-refractivity contribution in [3.8, 4) is 0 Å². The van der Waals surface area contributed by atoms with E-state index >= 15 is 0 Å². The van der Waals surface area contributed by atoms with Gasteiger partial charge in [-0.2, -0.15) is 0 Å². The number of ether oxygens (including phenoxy) is 1. The molecule has 0 radical (unpaired) electrons. The third kappa shape index (κ3) is 0.888. The van der Waals surface area contributed by atoms with E-state index in [1.165, 1.54) is 11.9 Å². The minimum absolute atomic E-state index is 0.211. The van der Waals surface area contributed by atoms with Crippen molar-refractivity contribution < 1.29 is 9.53 Å². The van der Waals surface area contributed by atoms with Gasteiger partial charge in [-0.3, -0.25) is 0 Å². The minimum Gasteiger partial charge on any atom is -0.447 e. The lowest BCUT2D eigenvalue weighted by Gasteiger charge is -2.04. The Morgan fingerprint density at radius 2 is 2.62 bits per heavy atom. The van der Waals surface area contributed by atoms with Crippen molar-refractivity contribution in [2.45, 2.75) is 0 Å². The van der Waals surface area contributed by atoms with Gasteiger partial charge in [-0.15, -0.1) is 0 Å². The number of rotatable bonds is 1. The smallest absolute Gasteiger partial charge is 0.420 e. The molecule has 0 aromatic carbocycles. The van der Waals surface area contributed by atoms with Crippen LogP contribution in [0.3, 0.4) is 0 Å². The highest BCUT2D eigenvalue weighted by atomic mass is 32.2. The van der Waals surface area contributed by atoms with Gasteiger partial charge in [-0.1, -0.05) is 0 Å². The van der Waals surface area contributed by atoms with Crippen molar-refractivity contribution in [1.82, 2.24) is 4.31 Å². The molecule has 1 amide bonds. The average molecular weight is 133 g/mol. The highest BCUT2D eigenvalue weighted by molar-refractivity contribution is 7.96. The largest absolute Gasteiger partial charge is 0.447 e. The molecule has 4 heteroatoms. The van der Waals surface area contributed by atoms with Crippen LogP contribution in [0.1, 0.15) is 0 Å². The van der Waals surface area contributed by atoms with Crippen LogP contribution in [-0.2, 0) is 4.74 Å². The Kier molecular flexibility index (Phi) is 1.62. The second kappa shape index (κ2) is 2.26. The molecule has 0 aromatic heterocycles. The third-order valence-electron chi connectivity index (χ3n) is 0.944. The van der Waals surface area contributed by atoms with E-state index in [0.717, 1.165) is 6.54 Å². The molecular weight excluding hydrogens is 126 g/mol. The summed E-state index contributed by atoms with van der Waals surface area (Å²) in [5.74, 6) is 0. The second-order valence-electron chi connectivity index (χ2n) is 1.40. The van der Waals surface area contributed by atoms with Gasteiger partial charge in [0.25, 0.3) is 0 Å². The molecule has 1 fully saturated rings. The zero-order valence-corrected chi connectivity index (χ0v) is 5.40. The van der Waals surface area contributed by atoms with Crippen LogP contribution in [0.25, 0.3) is 0 Å². The Hall–Kier alpha value is -0.380. The summed E-state index contributed by atoms with van der Waals surface area (Å²) < 4.78 is 6.21. The fourth-order valence-electron chi connectivity index (χ4n) is 0.545. The number of cyclic esters (lactones) is 1. The normalized spacial score (nSPS) is 19.1. The quantitative estimate of drug-likeness (QED) is 0.493. The van der Waals surface area contributed by atoms with E-state index < -0.39 is 0 Å².